The third kappa shape index (κ3) is 4.50. The molecule has 3 nitrogen and oxygen atoms in total. The third-order valence-corrected chi connectivity index (χ3v) is 4.32. The maximum absolute atomic E-state index is 12.0. The molecule has 0 N–H and O–H groups in total. The van der Waals surface area contributed by atoms with Gasteiger partial charge in [-0.2, -0.15) is 5.26 Å². The molecule has 0 radical (unpaired) electrons. The Balaban J connectivity index is 2.43. The Morgan fingerprint density at radius 1 is 1.21 bits per heavy atom. The van der Waals surface area contributed by atoms with Crippen molar-refractivity contribution in [3.8, 4) is 6.07 Å². The molecule has 0 saturated heterocycles. The Hall–Kier alpha value is -2.02. The first-order valence-electron chi connectivity index (χ1n) is 7.62. The van der Waals surface area contributed by atoms with Gasteiger partial charge in [-0.15, -0.1) is 0 Å². The van der Waals surface area contributed by atoms with E-state index in [1.807, 2.05) is 30.3 Å². The maximum Gasteiger partial charge on any atom is 0.306 e. The van der Waals surface area contributed by atoms with Gasteiger partial charge in [-0.05, 0) is 30.2 Å². The molecule has 2 aromatic rings. The molecule has 2 unspecified atom stereocenters. The van der Waals surface area contributed by atoms with Gasteiger partial charge in [0.05, 0.1) is 25.0 Å². The van der Waals surface area contributed by atoms with Gasteiger partial charge in [-0.3, -0.25) is 4.79 Å². The maximum atomic E-state index is 12.0. The lowest BCUT2D eigenvalue weighted by atomic mass is 9.80. The summed E-state index contributed by atoms with van der Waals surface area (Å²) < 4.78 is 5.07. The second-order valence-corrected chi connectivity index (χ2v) is 6.14. The lowest BCUT2D eigenvalue weighted by Crippen LogP contribution is -2.17. The number of nitrogens with zero attached hydrogens (tertiary/aromatic N) is 1. The van der Waals surface area contributed by atoms with Crippen LogP contribution in [0.25, 0.3) is 0 Å². The number of ether oxygens (including phenoxy) is 1. The molecular weight excluding hydrogens is 345 g/mol. The predicted octanol–water partition coefficient (Wildman–Crippen LogP) is 5.34. The van der Waals surface area contributed by atoms with Crippen LogP contribution in [-0.4, -0.2) is 12.6 Å². The van der Waals surface area contributed by atoms with Crippen molar-refractivity contribution in [3.05, 3.63) is 69.7 Å². The molecular formula is C19H17Cl2NO2. The fourth-order valence-corrected chi connectivity index (χ4v) is 3.18. The largest absolute Gasteiger partial charge is 0.466 e. The van der Waals surface area contributed by atoms with Gasteiger partial charge in [-0.1, -0.05) is 59.6 Å². The Morgan fingerprint density at radius 2 is 1.92 bits per heavy atom. The van der Waals surface area contributed by atoms with Gasteiger partial charge in [-0.25, -0.2) is 0 Å². The Bertz CT molecular complexity index is 741. The van der Waals surface area contributed by atoms with E-state index in [1.54, 1.807) is 25.1 Å². The molecule has 0 fully saturated rings. The number of carbonyl (C=O) groups is 1. The minimum Gasteiger partial charge on any atom is -0.466 e. The molecule has 2 rings (SSSR count). The van der Waals surface area contributed by atoms with Gasteiger partial charge < -0.3 is 4.74 Å². The average Bonchev–Trinajstić information content (AvgIpc) is 2.57. The molecule has 2 atom stereocenters. The number of esters is 1. The molecule has 124 valence electrons. The highest BCUT2D eigenvalue weighted by atomic mass is 35.5. The van der Waals surface area contributed by atoms with Crippen molar-refractivity contribution in [2.75, 3.05) is 6.61 Å². The van der Waals surface area contributed by atoms with E-state index in [0.717, 1.165) is 5.56 Å². The van der Waals surface area contributed by atoms with Crippen LogP contribution in [0.1, 0.15) is 36.3 Å². The SMILES string of the molecule is CCOC(=O)CC(c1ccccc1)C(C#N)c1ccc(Cl)cc1Cl. The molecule has 0 amide bonds. The monoisotopic (exact) mass is 361 g/mol. The van der Waals surface area contributed by atoms with Crippen molar-refractivity contribution in [1.29, 1.82) is 5.26 Å². The van der Waals surface area contributed by atoms with E-state index in [0.29, 0.717) is 22.2 Å². The highest BCUT2D eigenvalue weighted by Crippen LogP contribution is 2.39. The molecule has 0 aromatic heterocycles. The van der Waals surface area contributed by atoms with Crippen LogP contribution in [-0.2, 0) is 9.53 Å². The first kappa shape index (κ1) is 18.3. The van der Waals surface area contributed by atoms with Crippen LogP contribution in [0.15, 0.2) is 48.5 Å². The lowest BCUT2D eigenvalue weighted by molar-refractivity contribution is -0.143. The number of benzene rings is 2. The van der Waals surface area contributed by atoms with Gasteiger partial charge in [0.1, 0.15) is 0 Å². The van der Waals surface area contributed by atoms with Crippen molar-refractivity contribution >= 4 is 29.2 Å². The quantitative estimate of drug-likeness (QED) is 0.652. The summed E-state index contributed by atoms with van der Waals surface area (Å²) in [6.45, 7) is 2.06. The second-order valence-electron chi connectivity index (χ2n) is 5.30. The average molecular weight is 362 g/mol. The number of hydrogen-bond donors (Lipinski definition) is 0. The van der Waals surface area contributed by atoms with Crippen molar-refractivity contribution in [2.24, 2.45) is 0 Å². The first-order chi connectivity index (χ1) is 11.6. The van der Waals surface area contributed by atoms with E-state index in [9.17, 15) is 10.1 Å². The predicted molar refractivity (Wildman–Crippen MR) is 95.2 cm³/mol. The van der Waals surface area contributed by atoms with Crippen LogP contribution in [0.3, 0.4) is 0 Å². The van der Waals surface area contributed by atoms with Crippen LogP contribution in [0.5, 0.6) is 0 Å². The van der Waals surface area contributed by atoms with Gasteiger partial charge in [0, 0.05) is 16.0 Å². The zero-order valence-electron chi connectivity index (χ0n) is 13.2. The van der Waals surface area contributed by atoms with Crippen LogP contribution < -0.4 is 0 Å². The standard InChI is InChI=1S/C19H17Cl2NO2/c1-2-24-19(23)11-16(13-6-4-3-5-7-13)17(12-22)15-9-8-14(20)10-18(15)21/h3-10,16-17H,2,11H2,1H3. The number of halogens is 2. The minimum atomic E-state index is -0.582. The summed E-state index contributed by atoms with van der Waals surface area (Å²) in [5.74, 6) is -1.27. The van der Waals surface area contributed by atoms with E-state index in [-0.39, 0.29) is 18.3 Å². The number of rotatable bonds is 6. The fraction of sp³-hybridized carbons (Fsp3) is 0.263. The fourth-order valence-electron chi connectivity index (χ4n) is 2.66. The minimum absolute atomic E-state index is 0.106. The summed E-state index contributed by atoms with van der Waals surface area (Å²) in [5, 5.41) is 10.7. The van der Waals surface area contributed by atoms with Crippen LogP contribution in [0.2, 0.25) is 10.0 Å². The van der Waals surface area contributed by atoms with Gasteiger partial charge >= 0.3 is 5.97 Å². The first-order valence-corrected chi connectivity index (χ1v) is 8.37. The highest BCUT2D eigenvalue weighted by molar-refractivity contribution is 6.35. The van der Waals surface area contributed by atoms with Crippen molar-refractivity contribution in [1.82, 2.24) is 0 Å². The molecule has 0 aliphatic heterocycles. The number of hydrogen-bond acceptors (Lipinski definition) is 3. The Kier molecular flexibility index (Phi) is 6.66. The van der Waals surface area contributed by atoms with E-state index in [4.69, 9.17) is 27.9 Å². The molecule has 0 spiro atoms. The molecule has 24 heavy (non-hydrogen) atoms. The molecule has 5 heteroatoms. The zero-order valence-corrected chi connectivity index (χ0v) is 14.7. The van der Waals surface area contributed by atoms with E-state index in [1.165, 1.54) is 0 Å². The molecule has 0 aliphatic carbocycles. The summed E-state index contributed by atoms with van der Waals surface area (Å²) in [4.78, 5) is 12.0. The van der Waals surface area contributed by atoms with Crippen molar-refractivity contribution in [2.45, 2.75) is 25.2 Å². The zero-order chi connectivity index (χ0) is 17.5. The van der Waals surface area contributed by atoms with Crippen LogP contribution >= 0.6 is 23.2 Å². The molecule has 2 aromatic carbocycles. The van der Waals surface area contributed by atoms with Gasteiger partial charge in [0.15, 0.2) is 0 Å². The van der Waals surface area contributed by atoms with E-state index < -0.39 is 5.92 Å². The number of carbonyl (C=O) groups excluding carboxylic acids is 1. The molecule has 0 aliphatic rings. The summed E-state index contributed by atoms with van der Waals surface area (Å²) in [6.07, 6.45) is 0.106. The highest BCUT2D eigenvalue weighted by Gasteiger charge is 2.29. The molecule has 0 saturated carbocycles. The van der Waals surface area contributed by atoms with Crippen LogP contribution in [0, 0.1) is 11.3 Å². The lowest BCUT2D eigenvalue weighted by Gasteiger charge is -2.23. The molecule has 0 bridgehead atoms. The number of nitriles is 1. The Morgan fingerprint density at radius 3 is 2.50 bits per heavy atom. The smallest absolute Gasteiger partial charge is 0.306 e. The van der Waals surface area contributed by atoms with Gasteiger partial charge in [0.25, 0.3) is 0 Å². The second kappa shape index (κ2) is 8.73. The summed E-state index contributed by atoms with van der Waals surface area (Å²) >= 11 is 12.2. The summed E-state index contributed by atoms with van der Waals surface area (Å²) in [7, 11) is 0. The third-order valence-electron chi connectivity index (χ3n) is 3.76. The van der Waals surface area contributed by atoms with Crippen molar-refractivity contribution in [3.63, 3.8) is 0 Å². The summed E-state index contributed by atoms with van der Waals surface area (Å²) in [6, 6.07) is 16.8. The van der Waals surface area contributed by atoms with E-state index in [2.05, 4.69) is 6.07 Å². The topological polar surface area (TPSA) is 50.1 Å². The van der Waals surface area contributed by atoms with Crippen LogP contribution in [0.4, 0.5) is 0 Å². The normalized spacial score (nSPS) is 12.9. The van der Waals surface area contributed by atoms with E-state index >= 15 is 0 Å². The molecule has 0 heterocycles. The van der Waals surface area contributed by atoms with Gasteiger partial charge in [0.2, 0.25) is 0 Å². The Labute approximate surface area is 151 Å². The van der Waals surface area contributed by atoms with Crippen molar-refractivity contribution < 1.29 is 9.53 Å². The summed E-state index contributed by atoms with van der Waals surface area (Å²) in [5.41, 5.74) is 1.55.